The molecular formula is C14H18N2O3S. The van der Waals surface area contributed by atoms with Gasteiger partial charge in [-0.2, -0.15) is 0 Å². The molecule has 1 heterocycles. The van der Waals surface area contributed by atoms with Crippen LogP contribution >= 0.6 is 11.8 Å². The fourth-order valence-electron chi connectivity index (χ4n) is 1.70. The summed E-state index contributed by atoms with van der Waals surface area (Å²) in [4.78, 5) is 16.4. The molecule has 0 aliphatic carbocycles. The number of benzene rings is 1. The van der Waals surface area contributed by atoms with Gasteiger partial charge in [0.1, 0.15) is 11.6 Å². The summed E-state index contributed by atoms with van der Waals surface area (Å²) in [5.74, 6) is 0.370. The van der Waals surface area contributed by atoms with Crippen LogP contribution in [0.1, 0.15) is 12.5 Å². The minimum atomic E-state index is -1.30. The maximum atomic E-state index is 12.0. The van der Waals surface area contributed by atoms with Gasteiger partial charge in [0.2, 0.25) is 5.91 Å². The summed E-state index contributed by atoms with van der Waals surface area (Å²) in [5, 5.41) is 22.0. The number of aliphatic hydroxyl groups excluding tert-OH is 1. The van der Waals surface area contributed by atoms with Crippen LogP contribution in [0.25, 0.3) is 0 Å². The molecule has 1 aromatic carbocycles. The molecule has 20 heavy (non-hydrogen) atoms. The van der Waals surface area contributed by atoms with Crippen LogP contribution in [0.15, 0.2) is 35.3 Å². The Hall–Kier alpha value is -1.37. The van der Waals surface area contributed by atoms with Gasteiger partial charge < -0.3 is 15.5 Å². The van der Waals surface area contributed by atoms with Gasteiger partial charge in [-0.15, -0.1) is 11.8 Å². The molecule has 0 spiro atoms. The summed E-state index contributed by atoms with van der Waals surface area (Å²) in [7, 11) is 0. The largest absolute Gasteiger partial charge is 0.393 e. The first-order valence-electron chi connectivity index (χ1n) is 6.39. The van der Waals surface area contributed by atoms with Gasteiger partial charge >= 0.3 is 0 Å². The third-order valence-corrected chi connectivity index (χ3v) is 4.06. The molecule has 0 fully saturated rings. The monoisotopic (exact) mass is 294 g/mol. The second kappa shape index (κ2) is 6.39. The van der Waals surface area contributed by atoms with Crippen molar-refractivity contribution in [3.05, 3.63) is 35.9 Å². The summed E-state index contributed by atoms with van der Waals surface area (Å²) >= 11 is 1.55. The molecule has 0 radical (unpaired) electrons. The van der Waals surface area contributed by atoms with E-state index in [9.17, 15) is 9.90 Å². The van der Waals surface area contributed by atoms with E-state index in [0.717, 1.165) is 10.6 Å². The molecule has 0 saturated heterocycles. The van der Waals surface area contributed by atoms with Crippen LogP contribution in [0.4, 0.5) is 0 Å². The third-order valence-electron chi connectivity index (χ3n) is 2.96. The van der Waals surface area contributed by atoms with Gasteiger partial charge in [0.25, 0.3) is 0 Å². The highest BCUT2D eigenvalue weighted by Gasteiger charge is 2.27. The zero-order chi connectivity index (χ0) is 14.6. The highest BCUT2D eigenvalue weighted by Crippen LogP contribution is 2.23. The van der Waals surface area contributed by atoms with Crippen LogP contribution < -0.4 is 5.32 Å². The number of carbonyl (C=O) groups is 1. The first kappa shape index (κ1) is 15.0. The lowest BCUT2D eigenvalue weighted by atomic mass is 10.1. The SMILES string of the molecule is CC(O)(CO)CNC(=O)C1CSC(c2ccccc2)=N1. The highest BCUT2D eigenvalue weighted by molar-refractivity contribution is 8.14. The second-order valence-electron chi connectivity index (χ2n) is 5.00. The summed E-state index contributed by atoms with van der Waals surface area (Å²) in [6.45, 7) is 1.08. The molecular weight excluding hydrogens is 276 g/mol. The van der Waals surface area contributed by atoms with Crippen molar-refractivity contribution >= 4 is 22.7 Å². The molecule has 1 aromatic rings. The lowest BCUT2D eigenvalue weighted by Gasteiger charge is -2.21. The molecule has 0 bridgehead atoms. The summed E-state index contributed by atoms with van der Waals surface area (Å²) in [5.41, 5.74) is -0.289. The van der Waals surface area contributed by atoms with Crippen molar-refractivity contribution in [2.24, 2.45) is 4.99 Å². The molecule has 1 aliphatic rings. The van der Waals surface area contributed by atoms with Crippen LogP contribution in [0.2, 0.25) is 0 Å². The zero-order valence-corrected chi connectivity index (χ0v) is 12.1. The standard InChI is InChI=1S/C14H18N2O3S/c1-14(19,9-17)8-15-12(18)11-7-20-13(16-11)10-5-3-2-4-6-10/h2-6,11,17,19H,7-9H2,1H3,(H,15,18). The van der Waals surface area contributed by atoms with E-state index in [1.54, 1.807) is 11.8 Å². The number of aliphatic imine (C=N–C) groups is 1. The molecule has 1 aliphatic heterocycles. The second-order valence-corrected chi connectivity index (χ2v) is 6.01. The number of rotatable bonds is 5. The molecule has 5 nitrogen and oxygen atoms in total. The molecule has 0 aromatic heterocycles. The van der Waals surface area contributed by atoms with Gasteiger partial charge in [0.15, 0.2) is 0 Å². The van der Waals surface area contributed by atoms with E-state index in [4.69, 9.17) is 5.11 Å². The first-order chi connectivity index (χ1) is 9.52. The van der Waals surface area contributed by atoms with Crippen molar-refractivity contribution in [2.45, 2.75) is 18.6 Å². The smallest absolute Gasteiger partial charge is 0.245 e. The van der Waals surface area contributed by atoms with E-state index in [2.05, 4.69) is 10.3 Å². The van der Waals surface area contributed by atoms with Gasteiger partial charge in [-0.3, -0.25) is 9.79 Å². The topological polar surface area (TPSA) is 81.9 Å². The molecule has 3 N–H and O–H groups in total. The lowest BCUT2D eigenvalue weighted by Crippen LogP contribution is -2.46. The maximum Gasteiger partial charge on any atom is 0.245 e. The number of carbonyl (C=O) groups excluding carboxylic acids is 1. The van der Waals surface area contributed by atoms with E-state index in [0.29, 0.717) is 5.75 Å². The Kier molecular flexibility index (Phi) is 4.80. The van der Waals surface area contributed by atoms with Crippen molar-refractivity contribution < 1.29 is 15.0 Å². The summed E-state index contributed by atoms with van der Waals surface area (Å²) in [6.07, 6.45) is 0. The van der Waals surface area contributed by atoms with Crippen LogP contribution in [0.5, 0.6) is 0 Å². The Morgan fingerprint density at radius 1 is 1.50 bits per heavy atom. The molecule has 2 rings (SSSR count). The molecule has 2 atom stereocenters. The van der Waals surface area contributed by atoms with Crippen LogP contribution in [-0.2, 0) is 4.79 Å². The fourth-order valence-corrected chi connectivity index (χ4v) is 2.74. The molecule has 108 valence electrons. The average molecular weight is 294 g/mol. The van der Waals surface area contributed by atoms with Crippen LogP contribution in [0.3, 0.4) is 0 Å². The van der Waals surface area contributed by atoms with Crippen molar-refractivity contribution in [1.29, 1.82) is 0 Å². The van der Waals surface area contributed by atoms with Crippen molar-refractivity contribution in [2.75, 3.05) is 18.9 Å². The Balaban J connectivity index is 1.95. The number of amides is 1. The normalized spacial score (nSPS) is 21.1. The predicted molar refractivity (Wildman–Crippen MR) is 79.9 cm³/mol. The van der Waals surface area contributed by atoms with Gasteiger partial charge in [-0.05, 0) is 6.92 Å². The van der Waals surface area contributed by atoms with E-state index < -0.39 is 18.2 Å². The van der Waals surface area contributed by atoms with Gasteiger partial charge in [0.05, 0.1) is 11.7 Å². The van der Waals surface area contributed by atoms with E-state index >= 15 is 0 Å². The number of aliphatic hydroxyl groups is 2. The molecule has 0 saturated carbocycles. The summed E-state index contributed by atoms with van der Waals surface area (Å²) < 4.78 is 0. The number of nitrogens with zero attached hydrogens (tertiary/aromatic N) is 1. The van der Waals surface area contributed by atoms with Crippen molar-refractivity contribution in [3.8, 4) is 0 Å². The van der Waals surface area contributed by atoms with Gasteiger partial charge in [-0.1, -0.05) is 30.3 Å². The Bertz CT molecular complexity index is 502. The van der Waals surface area contributed by atoms with Crippen molar-refractivity contribution in [3.63, 3.8) is 0 Å². The van der Waals surface area contributed by atoms with E-state index in [1.165, 1.54) is 6.92 Å². The number of hydrogen-bond acceptors (Lipinski definition) is 5. The van der Waals surface area contributed by atoms with E-state index in [1.807, 2.05) is 30.3 Å². The first-order valence-corrected chi connectivity index (χ1v) is 7.37. The molecule has 2 unspecified atom stereocenters. The maximum absolute atomic E-state index is 12.0. The highest BCUT2D eigenvalue weighted by atomic mass is 32.2. The predicted octanol–water partition coefficient (Wildman–Crippen LogP) is 0.408. The minimum Gasteiger partial charge on any atom is -0.393 e. The fraction of sp³-hybridized carbons (Fsp3) is 0.429. The third kappa shape index (κ3) is 3.82. The van der Waals surface area contributed by atoms with Crippen LogP contribution in [-0.4, -0.2) is 51.7 Å². The quantitative estimate of drug-likeness (QED) is 0.734. The average Bonchev–Trinajstić information content (AvgIpc) is 2.96. The zero-order valence-electron chi connectivity index (χ0n) is 11.2. The van der Waals surface area contributed by atoms with Crippen LogP contribution in [0, 0.1) is 0 Å². The number of nitrogens with one attached hydrogen (secondary N) is 1. The Labute approximate surface area is 122 Å². The molecule has 1 amide bonds. The van der Waals surface area contributed by atoms with Gasteiger partial charge in [-0.25, -0.2) is 0 Å². The Morgan fingerprint density at radius 2 is 2.20 bits per heavy atom. The number of hydrogen-bond donors (Lipinski definition) is 3. The van der Waals surface area contributed by atoms with E-state index in [-0.39, 0.29) is 12.5 Å². The van der Waals surface area contributed by atoms with Crippen molar-refractivity contribution in [1.82, 2.24) is 5.32 Å². The lowest BCUT2D eigenvalue weighted by molar-refractivity contribution is -0.123. The Morgan fingerprint density at radius 3 is 2.85 bits per heavy atom. The minimum absolute atomic E-state index is 0.0136. The van der Waals surface area contributed by atoms with Gasteiger partial charge in [0, 0.05) is 17.9 Å². The summed E-state index contributed by atoms with van der Waals surface area (Å²) in [6, 6.07) is 9.29. The molecule has 6 heteroatoms. The number of thioether (sulfide) groups is 1.